The third-order valence-corrected chi connectivity index (χ3v) is 3.05. The van der Waals surface area contributed by atoms with Crippen molar-refractivity contribution in [2.45, 2.75) is 25.9 Å². The summed E-state index contributed by atoms with van der Waals surface area (Å²) in [5.41, 5.74) is 10.4. The fourth-order valence-electron chi connectivity index (χ4n) is 2.05. The predicted octanol–water partition coefficient (Wildman–Crippen LogP) is 1.91. The average Bonchev–Trinajstić information content (AvgIpc) is 2.44. The van der Waals surface area contributed by atoms with E-state index < -0.39 is 28.9 Å². The first-order valence-corrected chi connectivity index (χ1v) is 7.10. The van der Waals surface area contributed by atoms with Crippen molar-refractivity contribution in [1.82, 2.24) is 5.06 Å². The molecule has 0 fully saturated rings. The van der Waals surface area contributed by atoms with Crippen LogP contribution in [0.2, 0.25) is 0 Å². The summed E-state index contributed by atoms with van der Waals surface area (Å²) < 4.78 is 44.5. The minimum absolute atomic E-state index is 0. The van der Waals surface area contributed by atoms with Gasteiger partial charge in [-0.2, -0.15) is 14.4 Å². The predicted molar refractivity (Wildman–Crippen MR) is 88.8 cm³/mol. The SMILES string of the molecule is CC1(C)N=C(N)N=C(N)N1OCCCOc1cc(F)cc(F)c1F.Cl. The number of ether oxygens (including phenoxy) is 1. The third-order valence-electron chi connectivity index (χ3n) is 3.05. The molecule has 1 aromatic carbocycles. The number of nitrogens with zero attached hydrogens (tertiary/aromatic N) is 3. The van der Waals surface area contributed by atoms with Gasteiger partial charge in [-0.1, -0.05) is 0 Å². The van der Waals surface area contributed by atoms with Crippen molar-refractivity contribution >= 4 is 24.3 Å². The van der Waals surface area contributed by atoms with E-state index in [2.05, 4.69) is 9.98 Å². The van der Waals surface area contributed by atoms with E-state index in [4.69, 9.17) is 21.0 Å². The number of guanidine groups is 2. The monoisotopic (exact) mass is 381 g/mol. The molecule has 0 aliphatic carbocycles. The molecule has 0 unspecified atom stereocenters. The highest BCUT2D eigenvalue weighted by Crippen LogP contribution is 2.22. The quantitative estimate of drug-likeness (QED) is 0.579. The molecule has 0 aromatic heterocycles. The molecule has 1 heterocycles. The molecule has 0 radical (unpaired) electrons. The number of benzene rings is 1. The van der Waals surface area contributed by atoms with Gasteiger partial charge in [0.05, 0.1) is 13.2 Å². The second-order valence-corrected chi connectivity index (χ2v) is 5.46. The lowest BCUT2D eigenvalue weighted by Crippen LogP contribution is -2.53. The Morgan fingerprint density at radius 3 is 2.48 bits per heavy atom. The Hall–Kier alpha value is -2.20. The highest BCUT2D eigenvalue weighted by molar-refractivity contribution is 5.95. The van der Waals surface area contributed by atoms with Crippen molar-refractivity contribution in [3.63, 3.8) is 0 Å². The zero-order chi connectivity index (χ0) is 17.9. The molecule has 0 saturated heterocycles. The summed E-state index contributed by atoms with van der Waals surface area (Å²) in [6, 6.07) is 1.22. The Bertz CT molecular complexity index is 685. The second kappa shape index (κ2) is 8.26. The molecule has 11 heteroatoms. The molecule has 1 aliphatic heterocycles. The molecule has 0 bridgehead atoms. The van der Waals surface area contributed by atoms with Crippen LogP contribution in [0, 0.1) is 17.5 Å². The van der Waals surface area contributed by atoms with E-state index in [0.717, 1.165) is 6.07 Å². The van der Waals surface area contributed by atoms with E-state index in [0.29, 0.717) is 12.5 Å². The Labute approximate surface area is 148 Å². The van der Waals surface area contributed by atoms with E-state index in [1.165, 1.54) is 5.06 Å². The molecule has 1 aromatic rings. The summed E-state index contributed by atoms with van der Waals surface area (Å²) in [4.78, 5) is 13.4. The van der Waals surface area contributed by atoms with Gasteiger partial charge in [0.2, 0.25) is 17.7 Å². The highest BCUT2D eigenvalue weighted by Gasteiger charge is 2.32. The van der Waals surface area contributed by atoms with Gasteiger partial charge in [-0.25, -0.2) is 13.8 Å². The summed E-state index contributed by atoms with van der Waals surface area (Å²) in [6.45, 7) is 3.57. The number of rotatable bonds is 6. The zero-order valence-electron chi connectivity index (χ0n) is 13.6. The van der Waals surface area contributed by atoms with Crippen molar-refractivity contribution in [3.05, 3.63) is 29.6 Å². The molecule has 4 N–H and O–H groups in total. The second-order valence-electron chi connectivity index (χ2n) is 5.46. The van der Waals surface area contributed by atoms with Crippen LogP contribution in [0.5, 0.6) is 5.75 Å². The maximum Gasteiger partial charge on any atom is 0.226 e. The summed E-state index contributed by atoms with van der Waals surface area (Å²) in [5, 5.41) is 1.28. The number of hydrogen-bond donors (Lipinski definition) is 2. The van der Waals surface area contributed by atoms with Crippen molar-refractivity contribution in [2.75, 3.05) is 13.2 Å². The topological polar surface area (TPSA) is 98.5 Å². The highest BCUT2D eigenvalue weighted by atomic mass is 35.5. The standard InChI is InChI=1S/C14H18F3N5O2.ClH/c1-14(2)21-12(18)20-13(19)22(14)24-5-3-4-23-10-7-8(15)6-9(16)11(10)17;/h6-7H,3-5H2,1-2H3,(H4,18,19,20,21);1H. The first kappa shape index (κ1) is 20.8. The van der Waals surface area contributed by atoms with Gasteiger partial charge >= 0.3 is 0 Å². The van der Waals surface area contributed by atoms with Crippen molar-refractivity contribution in [3.8, 4) is 5.75 Å². The van der Waals surface area contributed by atoms with Crippen LogP contribution in [0.15, 0.2) is 22.1 Å². The lowest BCUT2D eigenvalue weighted by molar-refractivity contribution is -0.158. The van der Waals surface area contributed by atoms with Crippen LogP contribution in [0.4, 0.5) is 13.2 Å². The maximum atomic E-state index is 13.4. The van der Waals surface area contributed by atoms with Gasteiger partial charge in [0.1, 0.15) is 5.82 Å². The lowest BCUT2D eigenvalue weighted by Gasteiger charge is -2.36. The fourth-order valence-corrected chi connectivity index (χ4v) is 2.05. The van der Waals surface area contributed by atoms with Crippen LogP contribution in [-0.2, 0) is 4.84 Å². The Balaban J connectivity index is 0.00000312. The zero-order valence-corrected chi connectivity index (χ0v) is 14.4. The molecule has 7 nitrogen and oxygen atoms in total. The van der Waals surface area contributed by atoms with Gasteiger partial charge in [0, 0.05) is 18.6 Å². The number of aliphatic imine (C=N–C) groups is 2. The van der Waals surface area contributed by atoms with Crippen molar-refractivity contribution in [2.24, 2.45) is 21.5 Å². The molecular formula is C14H19ClF3N5O2. The van der Waals surface area contributed by atoms with Gasteiger partial charge in [-0.05, 0) is 13.8 Å². The van der Waals surface area contributed by atoms with Crippen molar-refractivity contribution < 1.29 is 22.7 Å². The van der Waals surface area contributed by atoms with Crippen LogP contribution in [-0.4, -0.2) is 35.9 Å². The summed E-state index contributed by atoms with van der Waals surface area (Å²) in [5.74, 6) is -3.87. The van der Waals surface area contributed by atoms with Crippen LogP contribution in [0.1, 0.15) is 20.3 Å². The summed E-state index contributed by atoms with van der Waals surface area (Å²) in [7, 11) is 0. The third kappa shape index (κ3) is 5.13. The Kier molecular flexibility index (Phi) is 6.88. The smallest absolute Gasteiger partial charge is 0.226 e. The first-order valence-electron chi connectivity index (χ1n) is 7.10. The maximum absolute atomic E-state index is 13.4. The lowest BCUT2D eigenvalue weighted by atomic mass is 10.2. The molecular weight excluding hydrogens is 363 g/mol. The molecule has 25 heavy (non-hydrogen) atoms. The number of hydroxylamine groups is 2. The van der Waals surface area contributed by atoms with E-state index >= 15 is 0 Å². The molecule has 0 spiro atoms. The van der Waals surface area contributed by atoms with Crippen LogP contribution < -0.4 is 16.2 Å². The molecule has 0 atom stereocenters. The Morgan fingerprint density at radius 1 is 1.16 bits per heavy atom. The van der Waals surface area contributed by atoms with Crippen LogP contribution >= 0.6 is 12.4 Å². The minimum atomic E-state index is -1.31. The average molecular weight is 382 g/mol. The fraction of sp³-hybridized carbons (Fsp3) is 0.429. The minimum Gasteiger partial charge on any atom is -0.490 e. The molecule has 0 amide bonds. The van der Waals surface area contributed by atoms with Gasteiger partial charge < -0.3 is 16.2 Å². The van der Waals surface area contributed by atoms with Gasteiger partial charge in [-0.15, -0.1) is 12.4 Å². The van der Waals surface area contributed by atoms with Crippen LogP contribution in [0.3, 0.4) is 0 Å². The number of hydrogen-bond acceptors (Lipinski definition) is 7. The molecule has 2 rings (SSSR count). The largest absolute Gasteiger partial charge is 0.490 e. The summed E-state index contributed by atoms with van der Waals surface area (Å²) >= 11 is 0. The van der Waals surface area contributed by atoms with Gasteiger partial charge in [0.25, 0.3) is 0 Å². The molecule has 0 saturated carbocycles. The van der Waals surface area contributed by atoms with Crippen molar-refractivity contribution in [1.29, 1.82) is 0 Å². The molecule has 140 valence electrons. The van der Waals surface area contributed by atoms with E-state index in [-0.39, 0.29) is 37.5 Å². The summed E-state index contributed by atoms with van der Waals surface area (Å²) in [6.07, 6.45) is 0.302. The van der Waals surface area contributed by atoms with E-state index in [1.807, 2.05) is 0 Å². The van der Waals surface area contributed by atoms with Gasteiger partial charge in [-0.3, -0.25) is 4.84 Å². The Morgan fingerprint density at radius 2 is 1.84 bits per heavy atom. The first-order chi connectivity index (χ1) is 11.2. The van der Waals surface area contributed by atoms with Gasteiger partial charge in [0.15, 0.2) is 17.2 Å². The van der Waals surface area contributed by atoms with E-state index in [9.17, 15) is 13.2 Å². The number of nitrogens with two attached hydrogens (primary N) is 2. The normalized spacial score (nSPS) is 16.0. The van der Waals surface area contributed by atoms with E-state index in [1.54, 1.807) is 13.8 Å². The van der Waals surface area contributed by atoms with Crippen LogP contribution in [0.25, 0.3) is 0 Å². The molecule has 1 aliphatic rings. The number of halogens is 4.